The molecule has 86 valence electrons. The SMILES string of the molecule is CCOC(=O)C1Cc2cc(Br)ccc2C1C. The molecule has 16 heavy (non-hydrogen) atoms. The topological polar surface area (TPSA) is 26.3 Å². The van der Waals surface area contributed by atoms with Crippen molar-refractivity contribution >= 4 is 21.9 Å². The molecule has 0 N–H and O–H groups in total. The van der Waals surface area contributed by atoms with Crippen molar-refractivity contribution < 1.29 is 9.53 Å². The van der Waals surface area contributed by atoms with Crippen molar-refractivity contribution in [3.63, 3.8) is 0 Å². The van der Waals surface area contributed by atoms with Gasteiger partial charge in [-0.3, -0.25) is 4.79 Å². The normalized spacial score (nSPS) is 22.9. The lowest BCUT2D eigenvalue weighted by molar-refractivity contribution is -0.148. The first-order chi connectivity index (χ1) is 7.63. The summed E-state index contributed by atoms with van der Waals surface area (Å²) in [5.74, 6) is 0.189. The number of fused-ring (bicyclic) bond motifs is 1. The first-order valence-corrected chi connectivity index (χ1v) is 6.37. The summed E-state index contributed by atoms with van der Waals surface area (Å²) >= 11 is 3.46. The maximum absolute atomic E-state index is 11.8. The lowest BCUT2D eigenvalue weighted by Crippen LogP contribution is -2.20. The summed E-state index contributed by atoms with van der Waals surface area (Å²) in [7, 11) is 0. The van der Waals surface area contributed by atoms with Gasteiger partial charge in [0.15, 0.2) is 0 Å². The van der Waals surface area contributed by atoms with E-state index in [1.807, 2.05) is 13.0 Å². The average molecular weight is 283 g/mol. The van der Waals surface area contributed by atoms with Crippen molar-refractivity contribution in [2.75, 3.05) is 6.61 Å². The fraction of sp³-hybridized carbons (Fsp3) is 0.462. The number of carbonyl (C=O) groups excluding carboxylic acids is 1. The number of benzene rings is 1. The molecule has 0 heterocycles. The molecule has 0 saturated heterocycles. The van der Waals surface area contributed by atoms with Gasteiger partial charge < -0.3 is 4.74 Å². The van der Waals surface area contributed by atoms with E-state index in [0.29, 0.717) is 6.61 Å². The van der Waals surface area contributed by atoms with Gasteiger partial charge >= 0.3 is 5.97 Å². The molecule has 0 fully saturated rings. The number of esters is 1. The van der Waals surface area contributed by atoms with Crippen LogP contribution < -0.4 is 0 Å². The van der Waals surface area contributed by atoms with Crippen molar-refractivity contribution in [3.8, 4) is 0 Å². The minimum Gasteiger partial charge on any atom is -0.466 e. The van der Waals surface area contributed by atoms with Crippen LogP contribution in [0.4, 0.5) is 0 Å². The zero-order chi connectivity index (χ0) is 11.7. The van der Waals surface area contributed by atoms with Gasteiger partial charge in [0.2, 0.25) is 0 Å². The van der Waals surface area contributed by atoms with Crippen LogP contribution in [0.15, 0.2) is 22.7 Å². The Morgan fingerprint density at radius 1 is 1.56 bits per heavy atom. The lowest BCUT2D eigenvalue weighted by Gasteiger charge is -2.13. The van der Waals surface area contributed by atoms with Gasteiger partial charge in [-0.25, -0.2) is 0 Å². The number of carbonyl (C=O) groups is 1. The van der Waals surface area contributed by atoms with Gasteiger partial charge in [0, 0.05) is 4.47 Å². The molecule has 1 aliphatic carbocycles. The highest BCUT2D eigenvalue weighted by Gasteiger charge is 2.35. The van der Waals surface area contributed by atoms with Crippen LogP contribution in [-0.4, -0.2) is 12.6 Å². The molecule has 2 nitrogen and oxygen atoms in total. The van der Waals surface area contributed by atoms with E-state index >= 15 is 0 Å². The second-order valence-electron chi connectivity index (χ2n) is 4.19. The van der Waals surface area contributed by atoms with Crippen LogP contribution in [0, 0.1) is 5.92 Å². The first-order valence-electron chi connectivity index (χ1n) is 5.58. The smallest absolute Gasteiger partial charge is 0.309 e. The van der Waals surface area contributed by atoms with Gasteiger partial charge in [-0.2, -0.15) is 0 Å². The molecule has 0 radical (unpaired) electrons. The van der Waals surface area contributed by atoms with E-state index in [1.165, 1.54) is 11.1 Å². The van der Waals surface area contributed by atoms with Gasteiger partial charge in [-0.15, -0.1) is 0 Å². The molecule has 1 aromatic carbocycles. The molecule has 0 saturated carbocycles. The molecule has 2 rings (SSSR count). The summed E-state index contributed by atoms with van der Waals surface area (Å²) in [6, 6.07) is 6.23. The van der Waals surface area contributed by atoms with Crippen LogP contribution in [0.2, 0.25) is 0 Å². The van der Waals surface area contributed by atoms with Crippen LogP contribution in [-0.2, 0) is 16.0 Å². The molecular formula is C13H15BrO2. The van der Waals surface area contributed by atoms with E-state index in [1.54, 1.807) is 0 Å². The summed E-state index contributed by atoms with van der Waals surface area (Å²) in [6.07, 6.45) is 0.800. The third kappa shape index (κ3) is 2.01. The van der Waals surface area contributed by atoms with E-state index in [9.17, 15) is 4.79 Å². The first kappa shape index (κ1) is 11.6. The Balaban J connectivity index is 2.23. The molecule has 3 heteroatoms. The van der Waals surface area contributed by atoms with Gasteiger partial charge in [-0.1, -0.05) is 28.9 Å². The molecule has 0 aromatic heterocycles. The summed E-state index contributed by atoms with van der Waals surface area (Å²) in [5.41, 5.74) is 2.54. The Morgan fingerprint density at radius 3 is 3.00 bits per heavy atom. The van der Waals surface area contributed by atoms with Crippen molar-refractivity contribution in [2.45, 2.75) is 26.2 Å². The van der Waals surface area contributed by atoms with Crippen LogP contribution in [0.5, 0.6) is 0 Å². The largest absolute Gasteiger partial charge is 0.466 e. The summed E-state index contributed by atoms with van der Waals surface area (Å²) in [6.45, 7) is 4.41. The van der Waals surface area contributed by atoms with Gasteiger partial charge in [0.25, 0.3) is 0 Å². The summed E-state index contributed by atoms with van der Waals surface area (Å²) in [4.78, 5) is 11.8. The van der Waals surface area contributed by atoms with Gasteiger partial charge in [0.1, 0.15) is 0 Å². The van der Waals surface area contributed by atoms with Crippen LogP contribution in [0.25, 0.3) is 0 Å². The van der Waals surface area contributed by atoms with E-state index in [4.69, 9.17) is 4.74 Å². The Kier molecular flexibility index (Phi) is 3.33. The zero-order valence-corrected chi connectivity index (χ0v) is 11.1. The molecule has 1 aliphatic rings. The Labute approximate surface area is 104 Å². The van der Waals surface area contributed by atoms with Crippen molar-refractivity contribution in [1.82, 2.24) is 0 Å². The lowest BCUT2D eigenvalue weighted by atomic mass is 9.95. The van der Waals surface area contributed by atoms with E-state index in [-0.39, 0.29) is 17.8 Å². The summed E-state index contributed by atoms with van der Waals surface area (Å²) in [5, 5.41) is 0. The number of ether oxygens (including phenoxy) is 1. The predicted molar refractivity (Wildman–Crippen MR) is 66.4 cm³/mol. The Morgan fingerprint density at radius 2 is 2.31 bits per heavy atom. The Hall–Kier alpha value is -0.830. The number of hydrogen-bond acceptors (Lipinski definition) is 2. The third-order valence-corrected chi connectivity index (χ3v) is 3.72. The number of halogens is 1. The van der Waals surface area contributed by atoms with Crippen LogP contribution in [0.1, 0.15) is 30.9 Å². The van der Waals surface area contributed by atoms with E-state index in [2.05, 4.69) is 35.0 Å². The quantitative estimate of drug-likeness (QED) is 0.778. The maximum Gasteiger partial charge on any atom is 0.309 e. The van der Waals surface area contributed by atoms with Gasteiger partial charge in [-0.05, 0) is 42.5 Å². The van der Waals surface area contributed by atoms with Crippen molar-refractivity contribution in [2.24, 2.45) is 5.92 Å². The predicted octanol–water partition coefficient (Wildman–Crippen LogP) is 3.29. The number of hydrogen-bond donors (Lipinski definition) is 0. The fourth-order valence-electron chi connectivity index (χ4n) is 2.36. The standard InChI is InChI=1S/C13H15BrO2/c1-3-16-13(15)12-7-9-6-10(14)4-5-11(9)8(12)2/h4-6,8,12H,3,7H2,1-2H3. The average Bonchev–Trinajstić information content (AvgIpc) is 2.56. The van der Waals surface area contributed by atoms with Crippen molar-refractivity contribution in [3.05, 3.63) is 33.8 Å². The molecule has 0 aliphatic heterocycles. The second-order valence-corrected chi connectivity index (χ2v) is 5.11. The van der Waals surface area contributed by atoms with Crippen molar-refractivity contribution in [1.29, 1.82) is 0 Å². The molecule has 1 aromatic rings. The van der Waals surface area contributed by atoms with E-state index < -0.39 is 0 Å². The maximum atomic E-state index is 11.8. The highest BCUT2D eigenvalue weighted by molar-refractivity contribution is 9.10. The molecule has 0 spiro atoms. The monoisotopic (exact) mass is 282 g/mol. The van der Waals surface area contributed by atoms with E-state index in [0.717, 1.165) is 10.9 Å². The summed E-state index contributed by atoms with van der Waals surface area (Å²) < 4.78 is 6.18. The van der Waals surface area contributed by atoms with Gasteiger partial charge in [0.05, 0.1) is 12.5 Å². The Bertz CT molecular complexity index is 414. The van der Waals surface area contributed by atoms with Crippen LogP contribution in [0.3, 0.4) is 0 Å². The minimum atomic E-state index is -0.0673. The molecule has 2 unspecified atom stereocenters. The highest BCUT2D eigenvalue weighted by Crippen LogP contribution is 2.39. The van der Waals surface area contributed by atoms with Crippen LogP contribution >= 0.6 is 15.9 Å². The molecular weight excluding hydrogens is 268 g/mol. The molecule has 0 bridgehead atoms. The fourth-order valence-corrected chi connectivity index (χ4v) is 2.77. The molecule has 0 amide bonds. The minimum absolute atomic E-state index is 0.00995. The third-order valence-electron chi connectivity index (χ3n) is 3.23. The molecule has 2 atom stereocenters. The highest BCUT2D eigenvalue weighted by atomic mass is 79.9. The zero-order valence-electron chi connectivity index (χ0n) is 9.50. The number of rotatable bonds is 2. The second kappa shape index (κ2) is 4.58.